The molecule has 0 fully saturated rings. The Morgan fingerprint density at radius 2 is 1.39 bits per heavy atom. The van der Waals surface area contributed by atoms with Crippen LogP contribution in [0, 0.1) is 0 Å². The second-order valence-electron chi connectivity index (χ2n) is 3.18. The monoisotopic (exact) mass is 290 g/mol. The van der Waals surface area contributed by atoms with Crippen molar-refractivity contribution < 1.29 is 44.6 Å². The third-order valence-corrected chi connectivity index (χ3v) is 1.60. The van der Waals surface area contributed by atoms with Crippen LogP contribution in [0.3, 0.4) is 0 Å². The average molecular weight is 290 g/mol. The van der Waals surface area contributed by atoms with Crippen LogP contribution < -0.4 is 0 Å². The molecule has 0 aliphatic rings. The third-order valence-electron chi connectivity index (χ3n) is 1.60. The first kappa shape index (κ1) is 17.4. The molecule has 0 heterocycles. The molecule has 0 radical (unpaired) electrons. The maximum Gasteiger partial charge on any atom is 0.416 e. The number of rotatable bonds is 9. The fraction of sp³-hybridized carbons (Fsp3) is 1.00. The van der Waals surface area contributed by atoms with Crippen LogP contribution in [0.2, 0.25) is 0 Å². The minimum Gasteiger partial charge on any atom is -0.375 e. The molecule has 0 atom stereocenters. The fourth-order valence-electron chi connectivity index (χ4n) is 0.703. The molecule has 110 valence electrons. The highest BCUT2D eigenvalue weighted by Crippen LogP contribution is 2.24. The Hall–Kier alpha value is -0.640. The molecule has 2 nitrogen and oxygen atoms in total. The first-order valence-electron chi connectivity index (χ1n) is 4.63. The molecule has 0 rings (SSSR count). The van der Waals surface area contributed by atoms with E-state index in [-0.39, 0.29) is 0 Å². The van der Waals surface area contributed by atoms with E-state index in [0.29, 0.717) is 0 Å². The summed E-state index contributed by atoms with van der Waals surface area (Å²) in [6.45, 7) is -3.06. The first-order valence-corrected chi connectivity index (χ1v) is 4.63. The normalized spacial score (nSPS) is 13.7. The van der Waals surface area contributed by atoms with Gasteiger partial charge in [0.15, 0.2) is 0 Å². The van der Waals surface area contributed by atoms with Gasteiger partial charge in [-0.2, -0.15) is 17.6 Å². The van der Waals surface area contributed by atoms with Gasteiger partial charge < -0.3 is 9.47 Å². The highest BCUT2D eigenvalue weighted by Gasteiger charge is 2.42. The van der Waals surface area contributed by atoms with Crippen molar-refractivity contribution in [3.05, 3.63) is 0 Å². The number of hydrogen-bond donors (Lipinski definition) is 0. The summed E-state index contributed by atoms with van der Waals surface area (Å²) in [5.74, 6) is -4.34. The Labute approximate surface area is 96.8 Å². The van der Waals surface area contributed by atoms with Crippen molar-refractivity contribution in [1.29, 1.82) is 0 Å². The number of halogens is 8. The van der Waals surface area contributed by atoms with Crippen LogP contribution in [0.25, 0.3) is 0 Å². The van der Waals surface area contributed by atoms with E-state index in [2.05, 4.69) is 9.47 Å². The van der Waals surface area contributed by atoms with Gasteiger partial charge in [-0.1, -0.05) is 0 Å². The maximum atomic E-state index is 12.2. The van der Waals surface area contributed by atoms with Crippen LogP contribution in [0.1, 0.15) is 6.42 Å². The van der Waals surface area contributed by atoms with Crippen molar-refractivity contribution in [2.24, 2.45) is 0 Å². The van der Waals surface area contributed by atoms with Gasteiger partial charge in [0.05, 0.1) is 6.61 Å². The zero-order valence-corrected chi connectivity index (χ0v) is 8.82. The van der Waals surface area contributed by atoms with E-state index in [9.17, 15) is 35.1 Å². The van der Waals surface area contributed by atoms with Crippen molar-refractivity contribution in [2.75, 3.05) is 19.8 Å². The number of alkyl halides is 8. The third kappa shape index (κ3) is 6.34. The predicted molar refractivity (Wildman–Crippen MR) is 43.3 cm³/mol. The van der Waals surface area contributed by atoms with Gasteiger partial charge in [-0.3, -0.25) is 0 Å². The smallest absolute Gasteiger partial charge is 0.375 e. The zero-order valence-electron chi connectivity index (χ0n) is 8.82. The van der Waals surface area contributed by atoms with Crippen LogP contribution in [-0.2, 0) is 9.47 Å². The van der Waals surface area contributed by atoms with Gasteiger partial charge in [0, 0.05) is 6.61 Å². The van der Waals surface area contributed by atoms with E-state index < -0.39 is 51.1 Å². The van der Waals surface area contributed by atoms with Crippen LogP contribution in [0.5, 0.6) is 0 Å². The van der Waals surface area contributed by atoms with E-state index in [1.807, 2.05) is 0 Å². The summed E-state index contributed by atoms with van der Waals surface area (Å²) in [5.41, 5.74) is 0. The summed E-state index contributed by atoms with van der Waals surface area (Å²) in [7, 11) is 0. The number of hydrogen-bond acceptors (Lipinski definition) is 2. The Morgan fingerprint density at radius 1 is 0.833 bits per heavy atom. The standard InChI is InChI=1S/C8H10F8O2/c9-5(10)7(13,14)4-17-2-1-3-18-8(15,16)6(11)12/h5-6H,1-4H2. The van der Waals surface area contributed by atoms with E-state index in [0.717, 1.165) is 0 Å². The molecule has 0 aromatic rings. The molecule has 0 aromatic carbocycles. The van der Waals surface area contributed by atoms with Gasteiger partial charge in [-0.25, -0.2) is 17.6 Å². The molecule has 10 heteroatoms. The molecule has 0 aromatic heterocycles. The number of ether oxygens (including phenoxy) is 2. The lowest BCUT2D eigenvalue weighted by molar-refractivity contribution is -0.301. The minimum absolute atomic E-state index is 0.415. The molecule has 0 N–H and O–H groups in total. The largest absolute Gasteiger partial charge is 0.416 e. The summed E-state index contributed by atoms with van der Waals surface area (Å²) < 4.78 is 103. The van der Waals surface area contributed by atoms with Crippen LogP contribution in [0.4, 0.5) is 35.1 Å². The molecule has 0 bridgehead atoms. The Bertz CT molecular complexity index is 209. The molecule has 18 heavy (non-hydrogen) atoms. The van der Waals surface area contributed by atoms with E-state index in [1.165, 1.54) is 0 Å². The quantitative estimate of drug-likeness (QED) is 0.479. The van der Waals surface area contributed by atoms with Gasteiger partial charge in [-0.15, -0.1) is 0 Å². The minimum atomic E-state index is -4.63. The average Bonchev–Trinajstić information content (AvgIpc) is 2.22. The van der Waals surface area contributed by atoms with Crippen LogP contribution in [0.15, 0.2) is 0 Å². The van der Waals surface area contributed by atoms with Gasteiger partial charge in [0.1, 0.15) is 6.61 Å². The van der Waals surface area contributed by atoms with Crippen molar-refractivity contribution >= 4 is 0 Å². The van der Waals surface area contributed by atoms with Crippen LogP contribution in [-0.4, -0.2) is 44.7 Å². The predicted octanol–water partition coefficient (Wildman–Crippen LogP) is 3.17. The maximum absolute atomic E-state index is 12.2. The zero-order chi connectivity index (χ0) is 14.4. The lowest BCUT2D eigenvalue weighted by Crippen LogP contribution is -2.33. The van der Waals surface area contributed by atoms with Gasteiger partial charge >= 0.3 is 24.9 Å². The second-order valence-corrected chi connectivity index (χ2v) is 3.18. The van der Waals surface area contributed by atoms with Gasteiger partial charge in [-0.05, 0) is 6.42 Å². The Balaban J connectivity index is 3.65. The SMILES string of the molecule is FC(F)C(F)(F)COCCCOC(F)(F)C(F)F. The van der Waals surface area contributed by atoms with Crippen molar-refractivity contribution in [3.8, 4) is 0 Å². The summed E-state index contributed by atoms with van der Waals surface area (Å²) in [6, 6.07) is 0. The Kier molecular flexibility index (Phi) is 6.82. The summed E-state index contributed by atoms with van der Waals surface area (Å²) >= 11 is 0. The summed E-state index contributed by atoms with van der Waals surface area (Å²) in [5, 5.41) is 0. The molecule has 0 aliphatic carbocycles. The van der Waals surface area contributed by atoms with Crippen molar-refractivity contribution in [2.45, 2.75) is 31.3 Å². The second kappa shape index (κ2) is 7.07. The molecular weight excluding hydrogens is 280 g/mol. The molecular formula is C8H10F8O2. The summed E-state index contributed by atoms with van der Waals surface area (Å²) in [6.07, 6.45) is -13.0. The van der Waals surface area contributed by atoms with Crippen molar-refractivity contribution in [1.82, 2.24) is 0 Å². The molecule has 0 aliphatic heterocycles. The summed E-state index contributed by atoms with van der Waals surface area (Å²) in [4.78, 5) is 0. The molecule has 0 amide bonds. The molecule has 0 unspecified atom stereocenters. The topological polar surface area (TPSA) is 18.5 Å². The van der Waals surface area contributed by atoms with Crippen molar-refractivity contribution in [3.63, 3.8) is 0 Å². The lowest BCUT2D eigenvalue weighted by Gasteiger charge is -2.17. The van der Waals surface area contributed by atoms with Crippen LogP contribution >= 0.6 is 0 Å². The molecule has 0 saturated carbocycles. The lowest BCUT2D eigenvalue weighted by atomic mass is 10.4. The van der Waals surface area contributed by atoms with Gasteiger partial charge in [0.25, 0.3) is 0 Å². The van der Waals surface area contributed by atoms with E-state index in [1.54, 1.807) is 0 Å². The molecule has 0 spiro atoms. The Morgan fingerprint density at radius 3 is 1.83 bits per heavy atom. The van der Waals surface area contributed by atoms with E-state index in [4.69, 9.17) is 0 Å². The highest BCUT2D eigenvalue weighted by molar-refractivity contribution is 4.67. The molecule has 0 saturated heterocycles. The van der Waals surface area contributed by atoms with E-state index >= 15 is 0 Å². The highest BCUT2D eigenvalue weighted by atomic mass is 19.3. The first-order chi connectivity index (χ1) is 8.09. The fourth-order valence-corrected chi connectivity index (χ4v) is 0.703. The van der Waals surface area contributed by atoms with Gasteiger partial charge in [0.2, 0.25) is 0 Å².